The number of aryl methyl sites for hydroxylation is 1. The molecule has 0 atom stereocenters. The third-order valence-corrected chi connectivity index (χ3v) is 4.76. The summed E-state index contributed by atoms with van der Waals surface area (Å²) in [7, 11) is 1.69. The molecule has 1 aromatic heterocycles. The van der Waals surface area contributed by atoms with Gasteiger partial charge >= 0.3 is 0 Å². The van der Waals surface area contributed by atoms with E-state index < -0.39 is 0 Å². The van der Waals surface area contributed by atoms with Gasteiger partial charge in [-0.1, -0.05) is 0 Å². The molecule has 2 heterocycles. The Kier molecular flexibility index (Phi) is 8.81. The van der Waals surface area contributed by atoms with Crippen LogP contribution in [0.15, 0.2) is 35.6 Å². The number of methoxy groups -OCH3 is 1. The lowest BCUT2D eigenvalue weighted by Crippen LogP contribution is -2.52. The van der Waals surface area contributed by atoms with E-state index in [2.05, 4.69) is 51.3 Å². The highest BCUT2D eigenvalue weighted by Crippen LogP contribution is 2.20. The summed E-state index contributed by atoms with van der Waals surface area (Å²) in [5, 5.41) is 11.6. The van der Waals surface area contributed by atoms with Crippen LogP contribution < -0.4 is 15.0 Å². The predicted octanol–water partition coefficient (Wildman–Crippen LogP) is 2.21. The second-order valence-electron chi connectivity index (χ2n) is 6.38. The smallest absolute Gasteiger partial charge is 0.194 e. The molecular formula is C19H30IN7O. The van der Waals surface area contributed by atoms with Crippen molar-refractivity contribution in [3.8, 4) is 5.75 Å². The minimum Gasteiger partial charge on any atom is -0.497 e. The molecule has 0 unspecified atom stereocenters. The van der Waals surface area contributed by atoms with Crippen LogP contribution in [0.3, 0.4) is 0 Å². The first kappa shape index (κ1) is 22.3. The number of nitrogens with zero attached hydrogens (tertiary/aromatic N) is 6. The number of aliphatic imine (C=N–C) groups is 1. The van der Waals surface area contributed by atoms with E-state index in [0.29, 0.717) is 6.54 Å². The average molecular weight is 499 g/mol. The molecule has 0 spiro atoms. The van der Waals surface area contributed by atoms with Crippen LogP contribution in [-0.2, 0) is 13.1 Å². The van der Waals surface area contributed by atoms with Gasteiger partial charge in [-0.3, -0.25) is 0 Å². The molecule has 0 aliphatic carbocycles. The van der Waals surface area contributed by atoms with Gasteiger partial charge in [0.05, 0.1) is 7.11 Å². The molecule has 3 rings (SSSR count). The van der Waals surface area contributed by atoms with Crippen molar-refractivity contribution in [2.24, 2.45) is 4.99 Å². The van der Waals surface area contributed by atoms with E-state index in [4.69, 9.17) is 9.73 Å². The first-order valence-electron chi connectivity index (χ1n) is 9.54. The minimum atomic E-state index is 0. The minimum absolute atomic E-state index is 0. The van der Waals surface area contributed by atoms with Crippen LogP contribution in [-0.4, -0.2) is 65.5 Å². The van der Waals surface area contributed by atoms with E-state index in [1.807, 2.05) is 16.7 Å². The van der Waals surface area contributed by atoms with Crippen LogP contribution in [0.1, 0.15) is 19.7 Å². The SMILES string of the molecule is CCNC(=NCc1nncn1CC)N1CCN(c2ccc(OC)cc2)CC1.I. The van der Waals surface area contributed by atoms with Gasteiger partial charge in [0, 0.05) is 45.0 Å². The lowest BCUT2D eigenvalue weighted by molar-refractivity contribution is 0.372. The summed E-state index contributed by atoms with van der Waals surface area (Å²) in [6, 6.07) is 8.25. The predicted molar refractivity (Wildman–Crippen MR) is 123 cm³/mol. The van der Waals surface area contributed by atoms with Crippen LogP contribution in [0.25, 0.3) is 0 Å². The Bertz CT molecular complexity index is 739. The zero-order valence-electron chi connectivity index (χ0n) is 16.8. The molecule has 154 valence electrons. The van der Waals surface area contributed by atoms with E-state index >= 15 is 0 Å². The molecule has 2 aromatic rings. The van der Waals surface area contributed by atoms with E-state index in [-0.39, 0.29) is 24.0 Å². The molecule has 28 heavy (non-hydrogen) atoms. The number of halogens is 1. The zero-order chi connectivity index (χ0) is 19.1. The van der Waals surface area contributed by atoms with Crippen molar-refractivity contribution in [2.75, 3.05) is 44.7 Å². The van der Waals surface area contributed by atoms with Crippen molar-refractivity contribution < 1.29 is 4.74 Å². The third-order valence-electron chi connectivity index (χ3n) is 4.76. The Morgan fingerprint density at radius 2 is 1.86 bits per heavy atom. The number of rotatable bonds is 6. The molecule has 0 amide bonds. The molecule has 1 N–H and O–H groups in total. The molecule has 9 heteroatoms. The van der Waals surface area contributed by atoms with Crippen molar-refractivity contribution in [3.05, 3.63) is 36.4 Å². The van der Waals surface area contributed by atoms with Crippen molar-refractivity contribution in [2.45, 2.75) is 26.9 Å². The van der Waals surface area contributed by atoms with Crippen molar-refractivity contribution in [3.63, 3.8) is 0 Å². The fraction of sp³-hybridized carbons (Fsp3) is 0.526. The lowest BCUT2D eigenvalue weighted by Gasteiger charge is -2.37. The van der Waals surface area contributed by atoms with Gasteiger partial charge in [0.25, 0.3) is 0 Å². The molecule has 0 radical (unpaired) electrons. The molecular weight excluding hydrogens is 469 g/mol. The van der Waals surface area contributed by atoms with E-state index in [0.717, 1.165) is 56.8 Å². The quantitative estimate of drug-likeness (QED) is 0.374. The summed E-state index contributed by atoms with van der Waals surface area (Å²) in [5.41, 5.74) is 1.23. The van der Waals surface area contributed by atoms with Crippen LogP contribution in [0.2, 0.25) is 0 Å². The molecule has 8 nitrogen and oxygen atoms in total. The summed E-state index contributed by atoms with van der Waals surface area (Å²) in [6.45, 7) is 10.2. The van der Waals surface area contributed by atoms with Gasteiger partial charge in [0.2, 0.25) is 0 Å². The normalized spacial score (nSPS) is 14.6. The van der Waals surface area contributed by atoms with Crippen LogP contribution in [0, 0.1) is 0 Å². The number of anilines is 1. The van der Waals surface area contributed by atoms with Gasteiger partial charge < -0.3 is 24.4 Å². The fourth-order valence-corrected chi connectivity index (χ4v) is 3.21. The number of hydrogen-bond acceptors (Lipinski definition) is 5. The Morgan fingerprint density at radius 3 is 2.46 bits per heavy atom. The van der Waals surface area contributed by atoms with Crippen molar-refractivity contribution >= 4 is 35.6 Å². The maximum absolute atomic E-state index is 5.24. The molecule has 1 fully saturated rings. The molecule has 1 aromatic carbocycles. The number of ether oxygens (including phenoxy) is 1. The Hall–Kier alpha value is -2.04. The van der Waals surface area contributed by atoms with Gasteiger partial charge in [-0.15, -0.1) is 34.2 Å². The molecule has 0 bridgehead atoms. The molecule has 1 saturated heterocycles. The monoisotopic (exact) mass is 499 g/mol. The van der Waals surface area contributed by atoms with Gasteiger partial charge in [-0.2, -0.15) is 0 Å². The van der Waals surface area contributed by atoms with Gasteiger partial charge in [-0.05, 0) is 38.1 Å². The maximum atomic E-state index is 5.24. The number of benzene rings is 1. The third kappa shape index (κ3) is 5.49. The number of aromatic nitrogens is 3. The van der Waals surface area contributed by atoms with E-state index in [1.165, 1.54) is 5.69 Å². The number of piperazine rings is 1. The second-order valence-corrected chi connectivity index (χ2v) is 6.38. The summed E-state index contributed by atoms with van der Waals surface area (Å²) in [6.07, 6.45) is 1.76. The Balaban J connectivity index is 0.00000280. The fourth-order valence-electron chi connectivity index (χ4n) is 3.21. The lowest BCUT2D eigenvalue weighted by atomic mass is 10.2. The summed E-state index contributed by atoms with van der Waals surface area (Å²) in [4.78, 5) is 9.49. The van der Waals surface area contributed by atoms with Gasteiger partial charge in [0.1, 0.15) is 18.6 Å². The van der Waals surface area contributed by atoms with Gasteiger partial charge in [0.15, 0.2) is 11.8 Å². The Labute approximate surface area is 184 Å². The first-order valence-corrected chi connectivity index (χ1v) is 9.54. The van der Waals surface area contributed by atoms with E-state index in [9.17, 15) is 0 Å². The zero-order valence-corrected chi connectivity index (χ0v) is 19.2. The van der Waals surface area contributed by atoms with Crippen LogP contribution in [0.5, 0.6) is 5.75 Å². The highest BCUT2D eigenvalue weighted by atomic mass is 127. The summed E-state index contributed by atoms with van der Waals surface area (Å²) < 4.78 is 7.27. The average Bonchev–Trinajstić information content (AvgIpc) is 3.19. The summed E-state index contributed by atoms with van der Waals surface area (Å²) in [5.74, 6) is 2.72. The first-order chi connectivity index (χ1) is 13.2. The van der Waals surface area contributed by atoms with Gasteiger partial charge in [-0.25, -0.2) is 4.99 Å². The van der Waals surface area contributed by atoms with Crippen molar-refractivity contribution in [1.82, 2.24) is 25.0 Å². The van der Waals surface area contributed by atoms with Crippen molar-refractivity contribution in [1.29, 1.82) is 0 Å². The molecule has 0 saturated carbocycles. The molecule has 1 aliphatic heterocycles. The topological polar surface area (TPSA) is 70.8 Å². The Morgan fingerprint density at radius 1 is 1.14 bits per heavy atom. The number of guanidine groups is 1. The highest BCUT2D eigenvalue weighted by Gasteiger charge is 2.20. The maximum Gasteiger partial charge on any atom is 0.194 e. The van der Waals surface area contributed by atoms with E-state index in [1.54, 1.807) is 13.4 Å². The second kappa shape index (κ2) is 11.1. The number of hydrogen-bond donors (Lipinski definition) is 1. The van der Waals surface area contributed by atoms with Crippen LogP contribution >= 0.6 is 24.0 Å². The largest absolute Gasteiger partial charge is 0.497 e. The molecule has 1 aliphatic rings. The summed E-state index contributed by atoms with van der Waals surface area (Å²) >= 11 is 0. The number of nitrogens with one attached hydrogen (secondary N) is 1. The van der Waals surface area contributed by atoms with Crippen LogP contribution in [0.4, 0.5) is 5.69 Å². The highest BCUT2D eigenvalue weighted by molar-refractivity contribution is 14.0. The standard InChI is InChI=1S/C19H29N7O.HI/c1-4-20-19(21-14-18-23-22-15-24(18)5-2)26-12-10-25(11-13-26)16-6-8-17(27-3)9-7-16;/h6-9,15H,4-5,10-14H2,1-3H3,(H,20,21);1H.